The molecule has 0 amide bonds. The van der Waals surface area contributed by atoms with Crippen LogP contribution in [0.3, 0.4) is 0 Å². The number of nitrogens with zero attached hydrogens (tertiary/aromatic N) is 3. The fraction of sp³-hybridized carbons (Fsp3) is 0.167. The highest BCUT2D eigenvalue weighted by Gasteiger charge is 2.20. The smallest absolute Gasteiger partial charge is 0.220 e. The first-order chi connectivity index (χ1) is 8.75. The summed E-state index contributed by atoms with van der Waals surface area (Å²) in [5, 5.41) is 11.0. The van der Waals surface area contributed by atoms with E-state index < -0.39 is 0 Å². The highest BCUT2D eigenvalue weighted by molar-refractivity contribution is 7.99. The van der Waals surface area contributed by atoms with Gasteiger partial charge in [0.15, 0.2) is 5.16 Å². The van der Waals surface area contributed by atoms with Crippen LogP contribution in [0.4, 0.5) is 0 Å². The number of nitro groups is 1. The molecule has 0 saturated heterocycles. The van der Waals surface area contributed by atoms with Gasteiger partial charge in [-0.3, -0.25) is 10.1 Å². The standard InChI is InChI=1S/C12H11N3O2S/c16-15(17)9-11(10-5-2-1-3-6-10)18-12-13-7-4-8-14-12/h1-8,11H,9H2. The first kappa shape index (κ1) is 12.5. The van der Waals surface area contributed by atoms with Crippen LogP contribution in [0.15, 0.2) is 53.9 Å². The van der Waals surface area contributed by atoms with E-state index in [2.05, 4.69) is 9.97 Å². The molecule has 0 fully saturated rings. The summed E-state index contributed by atoms with van der Waals surface area (Å²) < 4.78 is 0. The van der Waals surface area contributed by atoms with E-state index in [0.29, 0.717) is 5.16 Å². The Hall–Kier alpha value is -1.95. The zero-order chi connectivity index (χ0) is 12.8. The highest BCUT2D eigenvalue weighted by Crippen LogP contribution is 2.32. The molecule has 0 aliphatic rings. The summed E-state index contributed by atoms with van der Waals surface area (Å²) in [5.41, 5.74) is 0.909. The van der Waals surface area contributed by atoms with Crippen molar-refractivity contribution in [2.75, 3.05) is 6.54 Å². The number of thioether (sulfide) groups is 1. The van der Waals surface area contributed by atoms with Crippen LogP contribution in [0.5, 0.6) is 0 Å². The number of aromatic nitrogens is 2. The maximum atomic E-state index is 10.7. The maximum Gasteiger partial charge on any atom is 0.220 e. The zero-order valence-corrected chi connectivity index (χ0v) is 10.3. The Labute approximate surface area is 108 Å². The van der Waals surface area contributed by atoms with E-state index in [0.717, 1.165) is 5.56 Å². The molecule has 0 aliphatic heterocycles. The van der Waals surface area contributed by atoms with Crippen molar-refractivity contribution in [3.05, 3.63) is 64.5 Å². The topological polar surface area (TPSA) is 68.9 Å². The molecule has 1 atom stereocenters. The maximum absolute atomic E-state index is 10.7. The SMILES string of the molecule is O=[N+]([O-])CC(Sc1ncccn1)c1ccccc1. The molecule has 1 heterocycles. The molecule has 0 N–H and O–H groups in total. The van der Waals surface area contributed by atoms with Gasteiger partial charge in [-0.1, -0.05) is 42.1 Å². The van der Waals surface area contributed by atoms with Gasteiger partial charge >= 0.3 is 0 Å². The second-order valence-corrected chi connectivity index (χ2v) is 4.73. The van der Waals surface area contributed by atoms with E-state index >= 15 is 0 Å². The fourth-order valence-electron chi connectivity index (χ4n) is 1.49. The van der Waals surface area contributed by atoms with Gasteiger partial charge in [0.25, 0.3) is 0 Å². The lowest BCUT2D eigenvalue weighted by molar-refractivity contribution is -0.479. The lowest BCUT2D eigenvalue weighted by atomic mass is 10.1. The molecule has 0 radical (unpaired) electrons. The Balaban J connectivity index is 2.18. The molecule has 1 aromatic carbocycles. The third-order valence-electron chi connectivity index (χ3n) is 2.28. The van der Waals surface area contributed by atoms with Crippen LogP contribution in [-0.2, 0) is 0 Å². The van der Waals surface area contributed by atoms with Gasteiger partial charge in [-0.05, 0) is 11.6 Å². The fourth-order valence-corrected chi connectivity index (χ4v) is 2.47. The van der Waals surface area contributed by atoms with E-state index in [-0.39, 0.29) is 16.7 Å². The Kier molecular flexibility index (Phi) is 4.25. The van der Waals surface area contributed by atoms with E-state index in [1.807, 2.05) is 30.3 Å². The third-order valence-corrected chi connectivity index (χ3v) is 3.40. The Bertz CT molecular complexity index is 507. The average Bonchev–Trinajstić information content (AvgIpc) is 2.40. The van der Waals surface area contributed by atoms with E-state index in [1.54, 1.807) is 18.5 Å². The van der Waals surface area contributed by atoms with Crippen LogP contribution in [0.25, 0.3) is 0 Å². The molecule has 2 rings (SSSR count). The van der Waals surface area contributed by atoms with E-state index in [1.165, 1.54) is 11.8 Å². The molecule has 5 nitrogen and oxygen atoms in total. The largest absolute Gasteiger partial charge is 0.264 e. The molecule has 1 aromatic heterocycles. The third kappa shape index (κ3) is 3.53. The second-order valence-electron chi connectivity index (χ2n) is 3.56. The van der Waals surface area contributed by atoms with Crippen LogP contribution in [0.2, 0.25) is 0 Å². The van der Waals surface area contributed by atoms with Crippen molar-refractivity contribution < 1.29 is 4.92 Å². The summed E-state index contributed by atoms with van der Waals surface area (Å²) in [6.45, 7) is -0.146. The first-order valence-corrected chi connectivity index (χ1v) is 6.24. The van der Waals surface area contributed by atoms with E-state index in [4.69, 9.17) is 0 Å². The molecule has 92 valence electrons. The number of benzene rings is 1. The van der Waals surface area contributed by atoms with Gasteiger partial charge in [0.1, 0.15) is 5.25 Å². The van der Waals surface area contributed by atoms with Crippen LogP contribution >= 0.6 is 11.8 Å². The lowest BCUT2D eigenvalue weighted by Crippen LogP contribution is -2.10. The average molecular weight is 261 g/mol. The van der Waals surface area contributed by atoms with Crippen molar-refractivity contribution >= 4 is 11.8 Å². The Morgan fingerprint density at radius 1 is 1.17 bits per heavy atom. The summed E-state index contributed by atoms with van der Waals surface area (Å²) in [7, 11) is 0. The Morgan fingerprint density at radius 3 is 2.44 bits per heavy atom. The van der Waals surface area contributed by atoms with Crippen LogP contribution in [-0.4, -0.2) is 21.4 Å². The first-order valence-electron chi connectivity index (χ1n) is 5.36. The van der Waals surface area contributed by atoms with Gasteiger partial charge < -0.3 is 0 Å². The van der Waals surface area contributed by atoms with Crippen molar-refractivity contribution in [2.24, 2.45) is 0 Å². The van der Waals surface area contributed by atoms with Crippen LogP contribution in [0.1, 0.15) is 10.8 Å². The molecule has 2 aromatic rings. The van der Waals surface area contributed by atoms with Crippen molar-refractivity contribution in [2.45, 2.75) is 10.4 Å². The minimum Gasteiger partial charge on any atom is -0.264 e. The highest BCUT2D eigenvalue weighted by atomic mass is 32.2. The molecule has 6 heteroatoms. The summed E-state index contributed by atoms with van der Waals surface area (Å²) in [6.07, 6.45) is 3.26. The summed E-state index contributed by atoms with van der Waals surface area (Å²) >= 11 is 1.31. The summed E-state index contributed by atoms with van der Waals surface area (Å²) in [6, 6.07) is 11.1. The normalized spacial score (nSPS) is 12.0. The van der Waals surface area contributed by atoms with E-state index in [9.17, 15) is 10.1 Å². The van der Waals surface area contributed by atoms with Crippen LogP contribution < -0.4 is 0 Å². The quantitative estimate of drug-likeness (QED) is 0.358. The number of rotatable bonds is 5. The lowest BCUT2D eigenvalue weighted by Gasteiger charge is -2.11. The summed E-state index contributed by atoms with van der Waals surface area (Å²) in [5.74, 6) is 0. The van der Waals surface area contributed by atoms with Crippen LogP contribution in [0, 0.1) is 10.1 Å². The number of hydrogen-bond donors (Lipinski definition) is 0. The zero-order valence-electron chi connectivity index (χ0n) is 9.47. The predicted octanol–water partition coefficient (Wildman–Crippen LogP) is 2.59. The van der Waals surface area contributed by atoms with Crippen molar-refractivity contribution in [1.29, 1.82) is 0 Å². The van der Waals surface area contributed by atoms with Crippen molar-refractivity contribution in [1.82, 2.24) is 9.97 Å². The molecule has 0 bridgehead atoms. The van der Waals surface area contributed by atoms with Gasteiger partial charge in [-0.2, -0.15) is 0 Å². The van der Waals surface area contributed by atoms with Gasteiger partial charge in [-0.25, -0.2) is 9.97 Å². The van der Waals surface area contributed by atoms with Gasteiger partial charge in [0.05, 0.1) is 0 Å². The molecular formula is C12H11N3O2S. The van der Waals surface area contributed by atoms with Gasteiger partial charge in [-0.15, -0.1) is 0 Å². The minimum absolute atomic E-state index is 0.146. The van der Waals surface area contributed by atoms with Crippen molar-refractivity contribution in [3.63, 3.8) is 0 Å². The molecule has 18 heavy (non-hydrogen) atoms. The molecule has 0 spiro atoms. The van der Waals surface area contributed by atoms with Gasteiger partial charge in [0.2, 0.25) is 6.54 Å². The van der Waals surface area contributed by atoms with Crippen molar-refractivity contribution in [3.8, 4) is 0 Å². The molecule has 1 unspecified atom stereocenters. The van der Waals surface area contributed by atoms with Gasteiger partial charge in [0, 0.05) is 17.3 Å². The minimum atomic E-state index is -0.312. The Morgan fingerprint density at radius 2 is 1.83 bits per heavy atom. The number of hydrogen-bond acceptors (Lipinski definition) is 5. The molecular weight excluding hydrogens is 250 g/mol. The summed E-state index contributed by atoms with van der Waals surface area (Å²) in [4.78, 5) is 18.6. The second kappa shape index (κ2) is 6.11. The monoisotopic (exact) mass is 261 g/mol. The predicted molar refractivity (Wildman–Crippen MR) is 68.9 cm³/mol. The molecule has 0 saturated carbocycles. The molecule has 0 aliphatic carbocycles.